The van der Waals surface area contributed by atoms with Crippen LogP contribution in [0.2, 0.25) is 0 Å². The molecule has 156 valence electrons. The molecule has 1 aliphatic rings. The van der Waals surface area contributed by atoms with E-state index >= 15 is 0 Å². The Labute approximate surface area is 167 Å². The highest BCUT2D eigenvalue weighted by Crippen LogP contribution is 2.31. The van der Waals surface area contributed by atoms with Gasteiger partial charge in [-0.1, -0.05) is 13.0 Å². The lowest BCUT2D eigenvalue weighted by Crippen LogP contribution is -2.36. The number of carbonyl (C=O) groups excluding carboxylic acids is 2. The molecule has 0 saturated carbocycles. The highest BCUT2D eigenvalue weighted by Gasteiger charge is 2.25. The largest absolute Gasteiger partial charge is 0.493 e. The number of hydrogen-bond acceptors (Lipinski definition) is 6. The molecule has 1 amide bonds. The van der Waals surface area contributed by atoms with Crippen LogP contribution in [0.25, 0.3) is 0 Å². The fraction of sp³-hybridized carbons (Fsp3) is 0.619. The van der Waals surface area contributed by atoms with Crippen LogP contribution in [0.15, 0.2) is 18.2 Å². The highest BCUT2D eigenvalue weighted by atomic mass is 16.5. The molecule has 0 radical (unpaired) electrons. The number of methoxy groups -OCH3 is 3. The summed E-state index contributed by atoms with van der Waals surface area (Å²) >= 11 is 0. The molecule has 28 heavy (non-hydrogen) atoms. The van der Waals surface area contributed by atoms with Crippen molar-refractivity contribution in [3.05, 3.63) is 23.8 Å². The van der Waals surface area contributed by atoms with Gasteiger partial charge in [-0.25, -0.2) is 0 Å². The molecule has 7 nitrogen and oxygen atoms in total. The van der Waals surface area contributed by atoms with Gasteiger partial charge in [-0.05, 0) is 55.5 Å². The van der Waals surface area contributed by atoms with Crippen LogP contribution in [0.1, 0.15) is 44.2 Å². The maximum Gasteiger partial charge on any atom is 0.307 e. The van der Waals surface area contributed by atoms with Gasteiger partial charge in [-0.2, -0.15) is 0 Å². The number of ether oxygens (including phenoxy) is 3. The van der Waals surface area contributed by atoms with Crippen molar-refractivity contribution in [2.75, 3.05) is 34.4 Å². The Morgan fingerprint density at radius 3 is 2.54 bits per heavy atom. The quantitative estimate of drug-likeness (QED) is 0.628. The zero-order chi connectivity index (χ0) is 20.5. The topological polar surface area (TPSA) is 85.9 Å². The van der Waals surface area contributed by atoms with Crippen molar-refractivity contribution in [2.24, 2.45) is 11.8 Å². The Hall–Kier alpha value is -2.28. The Morgan fingerprint density at radius 2 is 1.93 bits per heavy atom. The molecule has 3 atom stereocenters. The van der Waals surface area contributed by atoms with Gasteiger partial charge in [0.1, 0.15) is 0 Å². The van der Waals surface area contributed by atoms with Crippen LogP contribution >= 0.6 is 0 Å². The number of nitrogens with one attached hydrogen (secondary N) is 2. The van der Waals surface area contributed by atoms with Gasteiger partial charge in [-0.15, -0.1) is 0 Å². The van der Waals surface area contributed by atoms with Gasteiger partial charge in [-0.3, -0.25) is 9.59 Å². The van der Waals surface area contributed by atoms with Gasteiger partial charge in [0.15, 0.2) is 11.5 Å². The minimum absolute atomic E-state index is 0.0527. The van der Waals surface area contributed by atoms with E-state index in [1.807, 2.05) is 6.07 Å². The van der Waals surface area contributed by atoms with E-state index in [9.17, 15) is 9.59 Å². The molecule has 1 fully saturated rings. The molecule has 0 aliphatic carbocycles. The zero-order valence-corrected chi connectivity index (χ0v) is 17.2. The molecular formula is C21H32N2O5. The fourth-order valence-electron chi connectivity index (χ4n) is 3.65. The SMILES string of the molecule is COC(=O)CC(NC(=O)CC(C)C1CCCNC1)c1ccc(OC)c(OC)c1. The van der Waals surface area contributed by atoms with E-state index in [1.165, 1.54) is 7.11 Å². The normalized spacial score (nSPS) is 18.6. The number of esters is 1. The van der Waals surface area contributed by atoms with Crippen molar-refractivity contribution < 1.29 is 23.8 Å². The molecule has 1 aromatic rings. The molecule has 2 rings (SSSR count). The number of hydrogen-bond donors (Lipinski definition) is 2. The van der Waals surface area contributed by atoms with E-state index in [-0.39, 0.29) is 24.2 Å². The molecule has 1 saturated heterocycles. The summed E-state index contributed by atoms with van der Waals surface area (Å²) in [7, 11) is 4.45. The molecular weight excluding hydrogens is 360 g/mol. The minimum Gasteiger partial charge on any atom is -0.493 e. The summed E-state index contributed by atoms with van der Waals surface area (Å²) in [5, 5.41) is 6.39. The Morgan fingerprint density at radius 1 is 1.18 bits per heavy atom. The maximum atomic E-state index is 12.7. The van der Waals surface area contributed by atoms with E-state index in [1.54, 1.807) is 26.4 Å². The summed E-state index contributed by atoms with van der Waals surface area (Å²) in [6.45, 7) is 4.12. The first-order valence-corrected chi connectivity index (χ1v) is 9.77. The second kappa shape index (κ2) is 10.9. The van der Waals surface area contributed by atoms with Crippen LogP contribution in [0, 0.1) is 11.8 Å². The first kappa shape index (κ1) is 22.0. The number of amides is 1. The van der Waals surface area contributed by atoms with E-state index < -0.39 is 6.04 Å². The minimum atomic E-state index is -0.489. The van der Waals surface area contributed by atoms with Crippen LogP contribution in [0.3, 0.4) is 0 Å². The van der Waals surface area contributed by atoms with Crippen molar-refractivity contribution in [3.63, 3.8) is 0 Å². The fourth-order valence-corrected chi connectivity index (χ4v) is 3.65. The lowest BCUT2D eigenvalue weighted by molar-refractivity contribution is -0.141. The van der Waals surface area contributed by atoms with Crippen molar-refractivity contribution in [2.45, 2.75) is 38.6 Å². The average Bonchev–Trinajstić information content (AvgIpc) is 2.73. The Kier molecular flexibility index (Phi) is 8.57. The molecule has 0 spiro atoms. The number of rotatable bonds is 9. The highest BCUT2D eigenvalue weighted by molar-refractivity contribution is 5.78. The molecule has 1 aromatic carbocycles. The smallest absolute Gasteiger partial charge is 0.307 e. The molecule has 1 heterocycles. The van der Waals surface area contributed by atoms with Gasteiger partial charge >= 0.3 is 5.97 Å². The summed E-state index contributed by atoms with van der Waals surface area (Å²) in [6, 6.07) is 4.88. The van der Waals surface area contributed by atoms with Crippen molar-refractivity contribution in [1.29, 1.82) is 0 Å². The third-order valence-corrected chi connectivity index (χ3v) is 5.39. The van der Waals surface area contributed by atoms with E-state index in [0.717, 1.165) is 31.5 Å². The predicted octanol–water partition coefficient (Wildman–Crippen LogP) is 2.45. The van der Waals surface area contributed by atoms with Gasteiger partial charge in [0.25, 0.3) is 0 Å². The van der Waals surface area contributed by atoms with E-state index in [2.05, 4.69) is 17.6 Å². The Balaban J connectivity index is 2.09. The molecule has 2 N–H and O–H groups in total. The lowest BCUT2D eigenvalue weighted by atomic mass is 9.85. The summed E-state index contributed by atoms with van der Waals surface area (Å²) in [4.78, 5) is 24.6. The summed E-state index contributed by atoms with van der Waals surface area (Å²) in [5.41, 5.74) is 0.767. The number of carbonyl (C=O) groups is 2. The van der Waals surface area contributed by atoms with Gasteiger partial charge in [0.2, 0.25) is 5.91 Å². The maximum absolute atomic E-state index is 12.7. The first-order valence-electron chi connectivity index (χ1n) is 9.77. The predicted molar refractivity (Wildman–Crippen MR) is 106 cm³/mol. The van der Waals surface area contributed by atoms with Gasteiger partial charge < -0.3 is 24.8 Å². The molecule has 7 heteroatoms. The molecule has 1 aliphatic heterocycles. The monoisotopic (exact) mass is 392 g/mol. The van der Waals surface area contributed by atoms with Gasteiger partial charge in [0.05, 0.1) is 33.8 Å². The van der Waals surface area contributed by atoms with Crippen LogP contribution in [-0.2, 0) is 14.3 Å². The standard InChI is InChI=1S/C21H32N2O5/c1-14(16-6-5-9-22-13-16)10-20(24)23-17(12-21(25)28-4)15-7-8-18(26-2)19(11-15)27-3/h7-8,11,14,16-17,22H,5-6,9-10,12-13H2,1-4H3,(H,23,24). The summed E-state index contributed by atoms with van der Waals surface area (Å²) in [6.07, 6.45) is 2.77. The van der Waals surface area contributed by atoms with Crippen molar-refractivity contribution in [1.82, 2.24) is 10.6 Å². The zero-order valence-electron chi connectivity index (χ0n) is 17.2. The summed E-state index contributed by atoms with van der Waals surface area (Å²) < 4.78 is 15.4. The van der Waals surface area contributed by atoms with Crippen LogP contribution < -0.4 is 20.1 Å². The Bertz CT molecular complexity index is 658. The first-order chi connectivity index (χ1) is 13.5. The van der Waals surface area contributed by atoms with E-state index in [4.69, 9.17) is 14.2 Å². The van der Waals surface area contributed by atoms with Crippen molar-refractivity contribution >= 4 is 11.9 Å². The third-order valence-electron chi connectivity index (χ3n) is 5.39. The van der Waals surface area contributed by atoms with Crippen LogP contribution in [0.4, 0.5) is 0 Å². The molecule has 0 bridgehead atoms. The van der Waals surface area contributed by atoms with Crippen molar-refractivity contribution in [3.8, 4) is 11.5 Å². The van der Waals surface area contributed by atoms with Crippen LogP contribution in [-0.4, -0.2) is 46.3 Å². The van der Waals surface area contributed by atoms with Crippen LogP contribution in [0.5, 0.6) is 11.5 Å². The molecule has 3 unspecified atom stereocenters. The lowest BCUT2D eigenvalue weighted by Gasteiger charge is -2.28. The summed E-state index contributed by atoms with van der Waals surface area (Å²) in [5.74, 6) is 1.46. The average molecular weight is 392 g/mol. The van der Waals surface area contributed by atoms with Gasteiger partial charge in [0, 0.05) is 6.42 Å². The van der Waals surface area contributed by atoms with E-state index in [0.29, 0.717) is 23.8 Å². The third kappa shape index (κ3) is 6.12. The molecule has 0 aromatic heterocycles. The second-order valence-corrected chi connectivity index (χ2v) is 7.30. The number of piperidine rings is 1. The number of benzene rings is 1. The second-order valence-electron chi connectivity index (χ2n) is 7.30.